The SMILES string of the molecule is COc1ccc(C2=CCC(=O)CC2)c(OC)c1. The number of Topliss-reactive ketones (excluding diaryl/α,β-unsaturated/α-hetero) is 1. The number of carbonyl (C=O) groups is 1. The van der Waals surface area contributed by atoms with E-state index in [1.807, 2.05) is 24.3 Å². The predicted octanol–water partition coefficient (Wildman–Crippen LogP) is 2.84. The lowest BCUT2D eigenvalue weighted by Crippen LogP contribution is -2.04. The fraction of sp³-hybridized carbons (Fsp3) is 0.357. The van der Waals surface area contributed by atoms with Crippen LogP contribution in [0, 0.1) is 0 Å². The molecule has 0 radical (unpaired) electrons. The van der Waals surface area contributed by atoms with Crippen LogP contribution in [-0.4, -0.2) is 20.0 Å². The zero-order chi connectivity index (χ0) is 12.3. The molecule has 0 spiro atoms. The van der Waals surface area contributed by atoms with E-state index in [0.29, 0.717) is 18.6 Å². The van der Waals surface area contributed by atoms with Gasteiger partial charge in [-0.25, -0.2) is 0 Å². The van der Waals surface area contributed by atoms with E-state index in [1.165, 1.54) is 5.57 Å². The van der Waals surface area contributed by atoms with Gasteiger partial charge in [0.25, 0.3) is 0 Å². The van der Waals surface area contributed by atoms with Gasteiger partial charge in [-0.15, -0.1) is 0 Å². The summed E-state index contributed by atoms with van der Waals surface area (Å²) in [6.45, 7) is 0. The molecule has 0 saturated heterocycles. The summed E-state index contributed by atoms with van der Waals surface area (Å²) in [6.07, 6.45) is 3.95. The summed E-state index contributed by atoms with van der Waals surface area (Å²) in [5, 5.41) is 0. The summed E-state index contributed by atoms with van der Waals surface area (Å²) in [4.78, 5) is 11.2. The highest BCUT2D eigenvalue weighted by Crippen LogP contribution is 2.34. The normalized spacial score (nSPS) is 15.4. The minimum absolute atomic E-state index is 0.307. The van der Waals surface area contributed by atoms with Crippen LogP contribution < -0.4 is 9.47 Å². The van der Waals surface area contributed by atoms with E-state index in [-0.39, 0.29) is 0 Å². The van der Waals surface area contributed by atoms with Crippen molar-refractivity contribution in [2.24, 2.45) is 0 Å². The summed E-state index contributed by atoms with van der Waals surface area (Å²) in [5.74, 6) is 1.88. The topological polar surface area (TPSA) is 35.5 Å². The van der Waals surface area contributed by atoms with Crippen LogP contribution in [-0.2, 0) is 4.79 Å². The van der Waals surface area contributed by atoms with Gasteiger partial charge in [0.05, 0.1) is 14.2 Å². The van der Waals surface area contributed by atoms with Crippen molar-refractivity contribution in [2.75, 3.05) is 14.2 Å². The Hall–Kier alpha value is -1.77. The van der Waals surface area contributed by atoms with Crippen LogP contribution in [0.3, 0.4) is 0 Å². The molecule has 0 amide bonds. The van der Waals surface area contributed by atoms with E-state index in [9.17, 15) is 4.79 Å². The highest BCUT2D eigenvalue weighted by Gasteiger charge is 2.15. The molecular weight excluding hydrogens is 216 g/mol. The predicted molar refractivity (Wildman–Crippen MR) is 66.4 cm³/mol. The van der Waals surface area contributed by atoms with Crippen molar-refractivity contribution in [1.82, 2.24) is 0 Å². The Bertz CT molecular complexity index is 461. The van der Waals surface area contributed by atoms with Gasteiger partial charge in [-0.2, -0.15) is 0 Å². The number of ketones is 1. The Balaban J connectivity index is 2.35. The van der Waals surface area contributed by atoms with Gasteiger partial charge in [0.2, 0.25) is 0 Å². The molecular formula is C14H16O3. The molecule has 90 valence electrons. The molecule has 0 heterocycles. The van der Waals surface area contributed by atoms with Gasteiger partial charge in [0.1, 0.15) is 17.3 Å². The van der Waals surface area contributed by atoms with Crippen molar-refractivity contribution in [3.8, 4) is 11.5 Å². The fourth-order valence-corrected chi connectivity index (χ4v) is 2.02. The summed E-state index contributed by atoms with van der Waals surface area (Å²) >= 11 is 0. The van der Waals surface area contributed by atoms with Gasteiger partial charge in [-0.05, 0) is 24.1 Å². The fourth-order valence-electron chi connectivity index (χ4n) is 2.02. The van der Waals surface area contributed by atoms with Crippen LogP contribution in [0.15, 0.2) is 24.3 Å². The highest BCUT2D eigenvalue weighted by molar-refractivity contribution is 5.87. The molecule has 0 fully saturated rings. The number of hydrogen-bond donors (Lipinski definition) is 0. The van der Waals surface area contributed by atoms with E-state index in [2.05, 4.69) is 0 Å². The Kier molecular flexibility index (Phi) is 3.47. The second-order valence-corrected chi connectivity index (χ2v) is 4.04. The average Bonchev–Trinajstić information content (AvgIpc) is 2.39. The van der Waals surface area contributed by atoms with Crippen LogP contribution in [0.4, 0.5) is 0 Å². The van der Waals surface area contributed by atoms with Crippen molar-refractivity contribution in [2.45, 2.75) is 19.3 Å². The maximum atomic E-state index is 11.2. The lowest BCUT2D eigenvalue weighted by molar-refractivity contribution is -0.118. The summed E-state index contributed by atoms with van der Waals surface area (Å²) in [6, 6.07) is 5.76. The molecule has 1 aromatic rings. The molecule has 0 saturated carbocycles. The summed E-state index contributed by atoms with van der Waals surface area (Å²) < 4.78 is 10.5. The third-order valence-corrected chi connectivity index (χ3v) is 3.00. The molecule has 1 aromatic carbocycles. The first kappa shape index (κ1) is 11.7. The van der Waals surface area contributed by atoms with Gasteiger partial charge in [0.15, 0.2) is 0 Å². The minimum Gasteiger partial charge on any atom is -0.497 e. The molecule has 1 aliphatic rings. The first-order valence-electron chi connectivity index (χ1n) is 5.67. The maximum Gasteiger partial charge on any atom is 0.137 e. The molecule has 1 aliphatic carbocycles. The van der Waals surface area contributed by atoms with Crippen molar-refractivity contribution in [3.05, 3.63) is 29.8 Å². The minimum atomic E-state index is 0.307. The largest absolute Gasteiger partial charge is 0.497 e. The van der Waals surface area contributed by atoms with Crippen LogP contribution in [0.5, 0.6) is 11.5 Å². The van der Waals surface area contributed by atoms with Crippen molar-refractivity contribution < 1.29 is 14.3 Å². The first-order chi connectivity index (χ1) is 8.24. The molecule has 3 heteroatoms. The van der Waals surface area contributed by atoms with Crippen molar-refractivity contribution in [1.29, 1.82) is 0 Å². The number of allylic oxidation sites excluding steroid dienone is 2. The maximum absolute atomic E-state index is 11.2. The van der Waals surface area contributed by atoms with E-state index >= 15 is 0 Å². The Labute approximate surface area is 101 Å². The molecule has 0 aromatic heterocycles. The van der Waals surface area contributed by atoms with Crippen LogP contribution in [0.25, 0.3) is 5.57 Å². The molecule has 0 aliphatic heterocycles. The number of rotatable bonds is 3. The molecule has 0 atom stereocenters. The zero-order valence-corrected chi connectivity index (χ0v) is 10.2. The number of hydrogen-bond acceptors (Lipinski definition) is 3. The Morgan fingerprint density at radius 3 is 2.53 bits per heavy atom. The molecule has 3 nitrogen and oxygen atoms in total. The van der Waals surface area contributed by atoms with Gasteiger partial charge in [-0.1, -0.05) is 6.08 Å². The van der Waals surface area contributed by atoms with E-state index in [0.717, 1.165) is 23.5 Å². The van der Waals surface area contributed by atoms with Gasteiger partial charge >= 0.3 is 0 Å². The average molecular weight is 232 g/mol. The number of carbonyl (C=O) groups excluding carboxylic acids is 1. The van der Waals surface area contributed by atoms with Gasteiger partial charge < -0.3 is 9.47 Å². The van der Waals surface area contributed by atoms with Crippen LogP contribution in [0.2, 0.25) is 0 Å². The first-order valence-corrected chi connectivity index (χ1v) is 5.67. The lowest BCUT2D eigenvalue weighted by atomic mass is 9.92. The molecule has 0 unspecified atom stereocenters. The van der Waals surface area contributed by atoms with Crippen LogP contribution >= 0.6 is 0 Å². The number of ether oxygens (including phenoxy) is 2. The van der Waals surface area contributed by atoms with Crippen molar-refractivity contribution in [3.63, 3.8) is 0 Å². The van der Waals surface area contributed by atoms with Crippen LogP contribution in [0.1, 0.15) is 24.8 Å². The molecule has 0 N–H and O–H groups in total. The Morgan fingerprint density at radius 2 is 1.94 bits per heavy atom. The second-order valence-electron chi connectivity index (χ2n) is 4.04. The summed E-state index contributed by atoms with van der Waals surface area (Å²) in [5.41, 5.74) is 2.24. The van der Waals surface area contributed by atoms with Crippen molar-refractivity contribution >= 4 is 11.4 Å². The quantitative estimate of drug-likeness (QED) is 0.803. The smallest absolute Gasteiger partial charge is 0.137 e. The zero-order valence-electron chi connectivity index (χ0n) is 10.2. The van der Waals surface area contributed by atoms with E-state index < -0.39 is 0 Å². The standard InChI is InChI=1S/C14H16O3/c1-16-12-7-8-13(14(9-12)17-2)10-3-5-11(15)6-4-10/h3,7-9H,4-6H2,1-2H3. The molecule has 17 heavy (non-hydrogen) atoms. The summed E-state index contributed by atoms with van der Waals surface area (Å²) in [7, 11) is 3.28. The third kappa shape index (κ3) is 2.49. The van der Waals surface area contributed by atoms with E-state index in [1.54, 1.807) is 14.2 Å². The molecule has 2 rings (SSSR count). The third-order valence-electron chi connectivity index (χ3n) is 3.00. The second kappa shape index (κ2) is 5.04. The van der Waals surface area contributed by atoms with Gasteiger partial charge in [-0.3, -0.25) is 4.79 Å². The number of methoxy groups -OCH3 is 2. The van der Waals surface area contributed by atoms with E-state index in [4.69, 9.17) is 9.47 Å². The Morgan fingerprint density at radius 1 is 1.12 bits per heavy atom. The number of benzene rings is 1. The highest BCUT2D eigenvalue weighted by atomic mass is 16.5. The monoisotopic (exact) mass is 232 g/mol. The van der Waals surface area contributed by atoms with Gasteiger partial charge in [0, 0.05) is 24.5 Å². The lowest BCUT2D eigenvalue weighted by Gasteiger charge is -2.16. The molecule has 0 bridgehead atoms.